The second-order valence-electron chi connectivity index (χ2n) is 2.98. The van der Waals surface area contributed by atoms with E-state index in [1.165, 1.54) is 0 Å². The monoisotopic (exact) mass is 200 g/mol. The summed E-state index contributed by atoms with van der Waals surface area (Å²) >= 11 is 5.50. The lowest BCUT2D eigenvalue weighted by Gasteiger charge is -1.95. The van der Waals surface area contributed by atoms with Crippen LogP contribution in [0.1, 0.15) is 35.6 Å². The van der Waals surface area contributed by atoms with Crippen LogP contribution in [0, 0.1) is 6.92 Å². The molecule has 0 aliphatic rings. The highest BCUT2D eigenvalue weighted by Gasteiger charge is 2.08. The number of furan rings is 1. The first-order valence-corrected chi connectivity index (χ1v) is 4.93. The molecule has 1 rings (SSSR count). The number of unbranched alkanes of at least 4 members (excludes halogenated alkanes) is 1. The smallest absolute Gasteiger partial charge is 0.197 e. The first-order chi connectivity index (χ1) is 6.24. The molecule has 0 saturated carbocycles. The minimum Gasteiger partial charge on any atom is -0.458 e. The van der Waals surface area contributed by atoms with Crippen LogP contribution < -0.4 is 0 Å². The summed E-state index contributed by atoms with van der Waals surface area (Å²) in [6, 6.07) is 3.52. The van der Waals surface area contributed by atoms with Crippen LogP contribution in [0.25, 0.3) is 0 Å². The third kappa shape index (κ3) is 3.23. The Morgan fingerprint density at radius 1 is 1.46 bits per heavy atom. The van der Waals surface area contributed by atoms with Gasteiger partial charge in [-0.05, 0) is 31.9 Å². The standard InChI is InChI=1S/C10H13ClO2/c1-8-5-6-10(13-8)9(12)4-2-3-7-11/h5-6H,2-4,7H2,1H3. The van der Waals surface area contributed by atoms with Gasteiger partial charge in [0.1, 0.15) is 5.76 Å². The Labute approximate surface area is 82.9 Å². The highest BCUT2D eigenvalue weighted by molar-refractivity contribution is 6.17. The SMILES string of the molecule is Cc1ccc(C(=O)CCCCCl)o1. The zero-order valence-corrected chi connectivity index (χ0v) is 8.43. The Morgan fingerprint density at radius 3 is 2.77 bits per heavy atom. The summed E-state index contributed by atoms with van der Waals surface area (Å²) in [5, 5.41) is 0. The van der Waals surface area contributed by atoms with Crippen LogP contribution in [0.15, 0.2) is 16.5 Å². The van der Waals surface area contributed by atoms with Crippen molar-refractivity contribution in [3.63, 3.8) is 0 Å². The van der Waals surface area contributed by atoms with Crippen molar-refractivity contribution in [2.45, 2.75) is 26.2 Å². The molecule has 1 aromatic rings. The van der Waals surface area contributed by atoms with E-state index in [2.05, 4.69) is 0 Å². The number of halogens is 1. The number of Topliss-reactive ketones (excluding diaryl/α,β-unsaturated/α-hetero) is 1. The molecule has 0 saturated heterocycles. The molecular formula is C10H13ClO2. The van der Waals surface area contributed by atoms with Crippen molar-refractivity contribution in [2.75, 3.05) is 5.88 Å². The fraction of sp³-hybridized carbons (Fsp3) is 0.500. The van der Waals surface area contributed by atoms with E-state index in [4.69, 9.17) is 16.0 Å². The van der Waals surface area contributed by atoms with Gasteiger partial charge in [0, 0.05) is 12.3 Å². The van der Waals surface area contributed by atoms with Gasteiger partial charge < -0.3 is 4.42 Å². The van der Waals surface area contributed by atoms with E-state index in [9.17, 15) is 4.79 Å². The highest BCUT2D eigenvalue weighted by atomic mass is 35.5. The number of ketones is 1. The average molecular weight is 201 g/mol. The Kier molecular flexibility index (Phi) is 4.03. The van der Waals surface area contributed by atoms with Crippen LogP contribution in [-0.4, -0.2) is 11.7 Å². The molecule has 72 valence electrons. The molecule has 2 nitrogen and oxygen atoms in total. The Bertz CT molecular complexity index is 278. The number of alkyl halides is 1. The van der Waals surface area contributed by atoms with E-state index in [1.807, 2.05) is 6.92 Å². The van der Waals surface area contributed by atoms with Gasteiger partial charge in [0.15, 0.2) is 11.5 Å². The van der Waals surface area contributed by atoms with Gasteiger partial charge in [-0.2, -0.15) is 0 Å². The predicted molar refractivity (Wildman–Crippen MR) is 52.3 cm³/mol. The van der Waals surface area contributed by atoms with Gasteiger partial charge in [0.05, 0.1) is 0 Å². The maximum atomic E-state index is 11.4. The number of rotatable bonds is 5. The van der Waals surface area contributed by atoms with Crippen molar-refractivity contribution < 1.29 is 9.21 Å². The summed E-state index contributed by atoms with van der Waals surface area (Å²) in [5.74, 6) is 1.93. The summed E-state index contributed by atoms with van der Waals surface area (Å²) in [6.45, 7) is 1.83. The van der Waals surface area contributed by atoms with Gasteiger partial charge >= 0.3 is 0 Å². The van der Waals surface area contributed by atoms with Crippen molar-refractivity contribution in [1.29, 1.82) is 0 Å². The van der Waals surface area contributed by atoms with Crippen molar-refractivity contribution >= 4 is 17.4 Å². The van der Waals surface area contributed by atoms with E-state index < -0.39 is 0 Å². The van der Waals surface area contributed by atoms with Gasteiger partial charge in [-0.25, -0.2) is 0 Å². The van der Waals surface area contributed by atoms with Crippen LogP contribution >= 0.6 is 11.6 Å². The summed E-state index contributed by atoms with van der Waals surface area (Å²) < 4.78 is 5.19. The summed E-state index contributed by atoms with van der Waals surface area (Å²) in [5.41, 5.74) is 0. The molecule has 0 aromatic carbocycles. The van der Waals surface area contributed by atoms with Crippen LogP contribution in [0.3, 0.4) is 0 Å². The fourth-order valence-corrected chi connectivity index (χ4v) is 1.28. The number of hydrogen-bond acceptors (Lipinski definition) is 2. The topological polar surface area (TPSA) is 30.2 Å². The number of carbonyl (C=O) groups excluding carboxylic acids is 1. The molecule has 1 heterocycles. The van der Waals surface area contributed by atoms with Gasteiger partial charge in [-0.3, -0.25) is 4.79 Å². The Morgan fingerprint density at radius 2 is 2.23 bits per heavy atom. The quantitative estimate of drug-likeness (QED) is 0.415. The summed E-state index contributed by atoms with van der Waals surface area (Å²) in [7, 11) is 0. The second kappa shape index (κ2) is 5.07. The van der Waals surface area contributed by atoms with E-state index in [-0.39, 0.29) is 5.78 Å². The first kappa shape index (κ1) is 10.3. The lowest BCUT2D eigenvalue weighted by atomic mass is 10.1. The largest absolute Gasteiger partial charge is 0.458 e. The normalized spacial score (nSPS) is 10.3. The molecule has 0 atom stereocenters. The third-order valence-corrected chi connectivity index (χ3v) is 2.07. The zero-order valence-electron chi connectivity index (χ0n) is 7.68. The summed E-state index contributed by atoms with van der Waals surface area (Å²) in [4.78, 5) is 11.4. The van der Waals surface area contributed by atoms with Gasteiger partial charge in [0.2, 0.25) is 0 Å². The van der Waals surface area contributed by atoms with Crippen LogP contribution in [0.4, 0.5) is 0 Å². The third-order valence-electron chi connectivity index (χ3n) is 1.80. The van der Waals surface area contributed by atoms with E-state index in [1.54, 1.807) is 12.1 Å². The van der Waals surface area contributed by atoms with Crippen molar-refractivity contribution in [1.82, 2.24) is 0 Å². The Hall–Kier alpha value is -0.760. The van der Waals surface area contributed by atoms with Gasteiger partial charge in [0.25, 0.3) is 0 Å². The van der Waals surface area contributed by atoms with Crippen LogP contribution in [0.5, 0.6) is 0 Å². The second-order valence-corrected chi connectivity index (χ2v) is 3.36. The first-order valence-electron chi connectivity index (χ1n) is 4.39. The van der Waals surface area contributed by atoms with Crippen molar-refractivity contribution in [3.8, 4) is 0 Å². The van der Waals surface area contributed by atoms with Gasteiger partial charge in [-0.1, -0.05) is 0 Å². The molecule has 0 bridgehead atoms. The average Bonchev–Trinajstić information content (AvgIpc) is 2.52. The number of carbonyl (C=O) groups is 1. The lowest BCUT2D eigenvalue weighted by Crippen LogP contribution is -1.96. The number of aryl methyl sites for hydroxylation is 1. The summed E-state index contributed by atoms with van der Waals surface area (Å²) in [6.07, 6.45) is 2.24. The lowest BCUT2D eigenvalue weighted by molar-refractivity contribution is 0.0951. The molecule has 0 aliphatic carbocycles. The number of hydrogen-bond donors (Lipinski definition) is 0. The maximum Gasteiger partial charge on any atom is 0.197 e. The molecular weight excluding hydrogens is 188 g/mol. The van der Waals surface area contributed by atoms with Crippen LogP contribution in [0.2, 0.25) is 0 Å². The molecule has 13 heavy (non-hydrogen) atoms. The molecule has 0 radical (unpaired) electrons. The van der Waals surface area contributed by atoms with E-state index >= 15 is 0 Å². The minimum atomic E-state index is 0.0678. The predicted octanol–water partition coefficient (Wildman–Crippen LogP) is 3.18. The highest BCUT2D eigenvalue weighted by Crippen LogP contribution is 2.10. The molecule has 0 amide bonds. The Balaban J connectivity index is 2.40. The van der Waals surface area contributed by atoms with Crippen LogP contribution in [-0.2, 0) is 0 Å². The molecule has 0 aliphatic heterocycles. The van der Waals surface area contributed by atoms with E-state index in [0.717, 1.165) is 18.6 Å². The molecule has 0 fully saturated rings. The van der Waals surface area contributed by atoms with Gasteiger partial charge in [-0.15, -0.1) is 11.6 Å². The molecule has 0 N–H and O–H groups in total. The maximum absolute atomic E-state index is 11.4. The molecule has 0 spiro atoms. The van der Waals surface area contributed by atoms with E-state index in [0.29, 0.717) is 18.1 Å². The van der Waals surface area contributed by atoms with Crippen molar-refractivity contribution in [3.05, 3.63) is 23.7 Å². The fourth-order valence-electron chi connectivity index (χ4n) is 1.09. The molecule has 1 aromatic heterocycles. The zero-order chi connectivity index (χ0) is 9.68. The molecule has 0 unspecified atom stereocenters. The minimum absolute atomic E-state index is 0.0678. The van der Waals surface area contributed by atoms with Crippen molar-refractivity contribution in [2.24, 2.45) is 0 Å². The molecule has 3 heteroatoms.